The Morgan fingerprint density at radius 2 is 1.96 bits per heavy atom. The Labute approximate surface area is 143 Å². The lowest BCUT2D eigenvalue weighted by molar-refractivity contribution is 0.0531. The Hall–Kier alpha value is -1.62. The van der Waals surface area contributed by atoms with Crippen LogP contribution in [0.25, 0.3) is 0 Å². The maximum Gasteiger partial charge on any atom is 0.256 e. The number of nitrogens with one attached hydrogen (secondary N) is 1. The molecule has 1 amide bonds. The second kappa shape index (κ2) is 5.73. The molecule has 3 aliphatic rings. The van der Waals surface area contributed by atoms with Crippen molar-refractivity contribution in [1.29, 1.82) is 0 Å². The maximum absolute atomic E-state index is 13.3. The molecule has 0 radical (unpaired) electrons. The summed E-state index contributed by atoms with van der Waals surface area (Å²) in [5, 5.41) is 0. The Bertz CT molecular complexity index is 689. The number of nitrogens with zero attached hydrogens (tertiary/aromatic N) is 2. The normalized spacial score (nSPS) is 27.8. The lowest BCUT2D eigenvalue weighted by atomic mass is 9.79. The monoisotopic (exact) mass is 329 g/mol. The summed E-state index contributed by atoms with van der Waals surface area (Å²) in [6.45, 7) is 5.79. The predicted octanol–water partition coefficient (Wildman–Crippen LogP) is 2.40. The largest absolute Gasteiger partial charge is 0.361 e. The number of aryl methyl sites for hydroxylation is 2. The van der Waals surface area contributed by atoms with Crippen LogP contribution in [0.2, 0.25) is 0 Å². The number of hydrogen-bond donors (Lipinski definition) is 1. The van der Waals surface area contributed by atoms with E-state index in [0.717, 1.165) is 56.8 Å². The van der Waals surface area contributed by atoms with Gasteiger partial charge in [-0.1, -0.05) is 0 Å². The van der Waals surface area contributed by atoms with Gasteiger partial charge in [0.25, 0.3) is 5.91 Å². The van der Waals surface area contributed by atoms with E-state index in [2.05, 4.69) is 16.9 Å². The van der Waals surface area contributed by atoms with Gasteiger partial charge in [-0.25, -0.2) is 0 Å². The Morgan fingerprint density at radius 1 is 1.12 bits per heavy atom. The standard InChI is InChI=1S/C19H27N3O2/c1-13-16(17-14(20-13)5-3-6-15(17)23)18(24)22-9-4-7-19(12-22)8-10-21(2)11-19/h20H,3-12H2,1-2H3/t19-/m0/s1. The second-order valence-corrected chi connectivity index (χ2v) is 8.07. The van der Waals surface area contributed by atoms with Gasteiger partial charge in [0, 0.05) is 42.9 Å². The molecule has 0 aromatic carbocycles. The molecule has 2 aliphatic heterocycles. The molecule has 24 heavy (non-hydrogen) atoms. The van der Waals surface area contributed by atoms with Crippen LogP contribution in [0, 0.1) is 12.3 Å². The minimum atomic E-state index is 0.0638. The first kappa shape index (κ1) is 15.9. The molecule has 1 aromatic rings. The minimum absolute atomic E-state index is 0.0638. The zero-order valence-corrected chi connectivity index (χ0v) is 14.8. The Balaban J connectivity index is 1.62. The highest BCUT2D eigenvalue weighted by Crippen LogP contribution is 2.39. The molecule has 5 nitrogen and oxygen atoms in total. The van der Waals surface area contributed by atoms with E-state index in [1.807, 2.05) is 11.8 Å². The first-order valence-electron chi connectivity index (χ1n) is 9.22. The third-order valence-electron chi connectivity index (χ3n) is 6.17. The Morgan fingerprint density at radius 3 is 2.71 bits per heavy atom. The molecule has 1 aromatic heterocycles. The molecule has 1 aliphatic carbocycles. The van der Waals surface area contributed by atoms with Gasteiger partial charge in [0.1, 0.15) is 0 Å². The molecule has 0 saturated carbocycles. The molecule has 3 heterocycles. The second-order valence-electron chi connectivity index (χ2n) is 8.07. The predicted molar refractivity (Wildman–Crippen MR) is 92.5 cm³/mol. The van der Waals surface area contributed by atoms with Gasteiger partial charge in [-0.2, -0.15) is 0 Å². The van der Waals surface area contributed by atoms with Crippen LogP contribution in [0.5, 0.6) is 0 Å². The average Bonchev–Trinajstić information content (AvgIpc) is 3.07. The number of hydrogen-bond acceptors (Lipinski definition) is 3. The zero-order valence-electron chi connectivity index (χ0n) is 14.8. The van der Waals surface area contributed by atoms with E-state index in [9.17, 15) is 9.59 Å². The van der Waals surface area contributed by atoms with Gasteiger partial charge in [0.05, 0.1) is 11.1 Å². The van der Waals surface area contributed by atoms with Crippen LogP contribution in [0.4, 0.5) is 0 Å². The number of H-pyrrole nitrogens is 1. The van der Waals surface area contributed by atoms with Gasteiger partial charge >= 0.3 is 0 Å². The van der Waals surface area contributed by atoms with E-state index in [1.54, 1.807) is 0 Å². The Kier molecular flexibility index (Phi) is 3.79. The zero-order chi connectivity index (χ0) is 16.9. The van der Waals surface area contributed by atoms with Crippen molar-refractivity contribution in [2.45, 2.75) is 45.4 Å². The fraction of sp³-hybridized carbons (Fsp3) is 0.684. The minimum Gasteiger partial charge on any atom is -0.361 e. The third-order valence-corrected chi connectivity index (χ3v) is 6.17. The van der Waals surface area contributed by atoms with E-state index in [0.29, 0.717) is 17.5 Å². The van der Waals surface area contributed by atoms with Crippen LogP contribution in [0.1, 0.15) is 64.2 Å². The molecule has 1 N–H and O–H groups in total. The van der Waals surface area contributed by atoms with Gasteiger partial charge in [-0.05, 0) is 52.6 Å². The topological polar surface area (TPSA) is 56.4 Å². The summed E-state index contributed by atoms with van der Waals surface area (Å²) in [6, 6.07) is 0. The van der Waals surface area contributed by atoms with Crippen LogP contribution < -0.4 is 0 Å². The average molecular weight is 329 g/mol. The van der Waals surface area contributed by atoms with Gasteiger partial charge < -0.3 is 14.8 Å². The number of aromatic amines is 1. The summed E-state index contributed by atoms with van der Waals surface area (Å²) in [4.78, 5) is 33.4. The molecule has 5 heteroatoms. The molecule has 130 valence electrons. The first-order valence-corrected chi connectivity index (χ1v) is 9.22. The molecule has 0 unspecified atom stereocenters. The molecular formula is C19H27N3O2. The molecule has 0 bridgehead atoms. The number of rotatable bonds is 1. The van der Waals surface area contributed by atoms with Crippen LogP contribution in [0.3, 0.4) is 0 Å². The van der Waals surface area contributed by atoms with Gasteiger partial charge in [-0.15, -0.1) is 0 Å². The first-order chi connectivity index (χ1) is 11.5. The fourth-order valence-corrected chi connectivity index (χ4v) is 5.03. The van der Waals surface area contributed by atoms with Crippen molar-refractivity contribution < 1.29 is 9.59 Å². The molecule has 1 atom stereocenters. The third kappa shape index (κ3) is 2.50. The highest BCUT2D eigenvalue weighted by molar-refractivity contribution is 6.10. The number of Topliss-reactive ketones (excluding diaryl/α,β-unsaturated/α-hetero) is 1. The van der Waals surface area contributed by atoms with Crippen molar-refractivity contribution in [3.63, 3.8) is 0 Å². The molecule has 1 spiro atoms. The van der Waals surface area contributed by atoms with E-state index < -0.39 is 0 Å². The molecule has 4 rings (SSSR count). The quantitative estimate of drug-likeness (QED) is 0.861. The van der Waals surface area contributed by atoms with E-state index in [-0.39, 0.29) is 17.1 Å². The number of likely N-dealkylation sites (tertiary alicyclic amines) is 2. The number of amides is 1. The van der Waals surface area contributed by atoms with Crippen LogP contribution in [-0.4, -0.2) is 59.7 Å². The van der Waals surface area contributed by atoms with E-state index in [1.165, 1.54) is 12.8 Å². The van der Waals surface area contributed by atoms with Crippen LogP contribution >= 0.6 is 0 Å². The lowest BCUT2D eigenvalue weighted by Crippen LogP contribution is -2.47. The van der Waals surface area contributed by atoms with E-state index >= 15 is 0 Å². The van der Waals surface area contributed by atoms with Crippen molar-refractivity contribution >= 4 is 11.7 Å². The van der Waals surface area contributed by atoms with Crippen molar-refractivity contribution in [2.75, 3.05) is 33.2 Å². The van der Waals surface area contributed by atoms with Crippen LogP contribution in [-0.2, 0) is 6.42 Å². The smallest absolute Gasteiger partial charge is 0.256 e. The summed E-state index contributed by atoms with van der Waals surface area (Å²) in [5.41, 5.74) is 3.43. The number of piperidine rings is 1. The van der Waals surface area contributed by atoms with E-state index in [4.69, 9.17) is 0 Å². The SMILES string of the molecule is Cc1[nH]c2c(c1C(=O)N1CCC[C@@]3(CCN(C)C3)C1)C(=O)CCC2. The van der Waals surface area contributed by atoms with Crippen molar-refractivity contribution in [3.05, 3.63) is 22.5 Å². The van der Waals surface area contributed by atoms with Gasteiger partial charge in [0.15, 0.2) is 5.78 Å². The van der Waals surface area contributed by atoms with Gasteiger partial charge in [0.2, 0.25) is 0 Å². The number of ketones is 1. The number of aromatic nitrogens is 1. The summed E-state index contributed by atoms with van der Waals surface area (Å²) in [6.07, 6.45) is 5.79. The molecular weight excluding hydrogens is 302 g/mol. The highest BCUT2D eigenvalue weighted by Gasteiger charge is 2.42. The summed E-state index contributed by atoms with van der Waals surface area (Å²) in [7, 11) is 2.17. The number of carbonyl (C=O) groups excluding carboxylic acids is 2. The summed E-state index contributed by atoms with van der Waals surface area (Å²) in [5.74, 6) is 0.199. The summed E-state index contributed by atoms with van der Waals surface area (Å²) >= 11 is 0. The lowest BCUT2D eigenvalue weighted by Gasteiger charge is -2.40. The fourth-order valence-electron chi connectivity index (χ4n) is 5.03. The maximum atomic E-state index is 13.3. The molecule has 2 fully saturated rings. The highest BCUT2D eigenvalue weighted by atomic mass is 16.2. The number of fused-ring (bicyclic) bond motifs is 1. The number of carbonyl (C=O) groups is 2. The van der Waals surface area contributed by atoms with Crippen molar-refractivity contribution in [3.8, 4) is 0 Å². The molecule has 2 saturated heterocycles. The van der Waals surface area contributed by atoms with Crippen molar-refractivity contribution in [2.24, 2.45) is 5.41 Å². The van der Waals surface area contributed by atoms with Gasteiger partial charge in [-0.3, -0.25) is 9.59 Å². The van der Waals surface area contributed by atoms with Crippen LogP contribution in [0.15, 0.2) is 0 Å². The van der Waals surface area contributed by atoms with Crippen molar-refractivity contribution in [1.82, 2.24) is 14.8 Å². The summed E-state index contributed by atoms with van der Waals surface area (Å²) < 4.78 is 0.